The Bertz CT molecular complexity index is 2760. The number of phenols is 2. The molecule has 4 rings (SSSR count). The lowest BCUT2D eigenvalue weighted by atomic mass is 10.0. The minimum atomic E-state index is -1.74. The van der Waals surface area contributed by atoms with Gasteiger partial charge in [0.2, 0.25) is 53.2 Å². The zero-order valence-electron chi connectivity index (χ0n) is 43.4. The first-order chi connectivity index (χ1) is 37.6. The number of aromatic hydroxyl groups is 2. The van der Waals surface area contributed by atoms with Gasteiger partial charge in [0.15, 0.2) is 0 Å². The molecule has 0 aromatic heterocycles. The summed E-state index contributed by atoms with van der Waals surface area (Å²) in [5.74, 6) is -8.04. The predicted octanol–water partition coefficient (Wildman–Crippen LogP) is -0.0908. The van der Waals surface area contributed by atoms with E-state index in [1.807, 2.05) is 0 Å². The maximum atomic E-state index is 14.7. The number of unbranched alkanes of at least 4 members (excludes halogenated alkanes) is 1. The number of phenolic OH excluding ortho intramolecular Hbond substituents is 2. The van der Waals surface area contributed by atoms with Gasteiger partial charge in [0.05, 0.1) is 19.2 Å². The number of aliphatic hydroxyl groups excluding tert-OH is 1. The minimum absolute atomic E-state index is 0.0130. The summed E-state index contributed by atoms with van der Waals surface area (Å²) in [5, 5.41) is 47.8. The first-order valence-corrected chi connectivity index (χ1v) is 26.5. The monoisotopic (exact) mass is 1130 g/mol. The fourth-order valence-electron chi connectivity index (χ4n) is 7.77. The smallest absolute Gasteiger partial charge is 0.278 e. The number of carbonyl (C=O) groups is 10. The van der Waals surface area contributed by atoms with Crippen LogP contribution in [0, 0.1) is 0 Å². The summed E-state index contributed by atoms with van der Waals surface area (Å²) in [4.78, 5) is 135. The number of nitrogens with two attached hydrogens (primary N) is 3. The van der Waals surface area contributed by atoms with Crippen molar-refractivity contribution in [3.63, 3.8) is 0 Å². The third kappa shape index (κ3) is 21.2. The van der Waals surface area contributed by atoms with Crippen molar-refractivity contribution in [1.29, 1.82) is 0 Å². The third-order valence-electron chi connectivity index (χ3n) is 12.0. The molecule has 16 N–H and O–H groups in total. The van der Waals surface area contributed by atoms with Crippen molar-refractivity contribution in [3.05, 3.63) is 124 Å². The molecule has 0 fully saturated rings. The van der Waals surface area contributed by atoms with E-state index in [1.165, 1.54) is 86.0 Å². The van der Waals surface area contributed by atoms with Crippen LogP contribution in [0.25, 0.3) is 0 Å². The van der Waals surface area contributed by atoms with Gasteiger partial charge in [-0.3, -0.25) is 52.8 Å². The Morgan fingerprint density at radius 3 is 1.72 bits per heavy atom. The molecule has 0 saturated carbocycles. The van der Waals surface area contributed by atoms with Crippen LogP contribution in [0.15, 0.2) is 97.1 Å². The lowest BCUT2D eigenvalue weighted by molar-refractivity contribution is -0.134. The first-order valence-electron chi connectivity index (χ1n) is 24.8. The summed E-state index contributed by atoms with van der Waals surface area (Å²) in [5.41, 5.74) is 18.6. The van der Waals surface area contributed by atoms with Crippen LogP contribution < -0.4 is 59.3 Å². The molecule has 24 nitrogen and oxygen atoms in total. The zero-order valence-corrected chi connectivity index (χ0v) is 44.9. The van der Waals surface area contributed by atoms with Gasteiger partial charge in [0.25, 0.3) is 5.24 Å². The van der Waals surface area contributed by atoms with E-state index in [2.05, 4.69) is 37.2 Å². The summed E-state index contributed by atoms with van der Waals surface area (Å²) in [6.45, 7) is -0.611. The average Bonchev–Trinajstić information content (AvgIpc) is 3.43. The number of nitrogens with one attached hydrogen (secondary N) is 7. The van der Waals surface area contributed by atoms with Crippen LogP contribution in [0.2, 0.25) is 5.02 Å². The topological polar surface area (TPSA) is 397 Å². The molecule has 0 aliphatic heterocycles. The van der Waals surface area contributed by atoms with Gasteiger partial charge in [0, 0.05) is 42.1 Å². The Balaban J connectivity index is 1.60. The third-order valence-corrected chi connectivity index (χ3v) is 12.8. The molecule has 0 spiro atoms. The van der Waals surface area contributed by atoms with Crippen LogP contribution in [-0.2, 0) is 57.6 Å². The Morgan fingerprint density at radius 1 is 0.620 bits per heavy atom. The number of aryl methyl sites for hydroxylation is 1. The molecule has 6 atom stereocenters. The van der Waals surface area contributed by atoms with E-state index in [1.54, 1.807) is 24.3 Å². The molecule has 424 valence electrons. The minimum Gasteiger partial charge on any atom is -0.508 e. The van der Waals surface area contributed by atoms with E-state index in [0.29, 0.717) is 22.6 Å². The molecule has 0 heterocycles. The van der Waals surface area contributed by atoms with Crippen LogP contribution in [0.3, 0.4) is 0 Å². The number of thioether (sulfide) groups is 1. The molecule has 79 heavy (non-hydrogen) atoms. The maximum Gasteiger partial charge on any atom is 0.278 e. The SMILES string of the molecule is CSC(=O)NC[C@@H](NC(=O)CCc1ccc(Cl)cc1)C(=O)N[C@@H](Cc1ccc(O)cc1)C(=O)NCC(=O)N(c1ccc(C(N)=O)cc1)[C@@H](CCCCN)C(=O)NC(C(=O)NCC(=O)N[C@H](Cc1ccc(O)cc1)C(N)=O)C(C)O. The molecular formula is C53H66ClN11O13S. The summed E-state index contributed by atoms with van der Waals surface area (Å²) in [6, 6.07) is 16.1. The molecule has 2 unspecified atom stereocenters. The number of rotatable bonds is 30. The molecule has 0 aliphatic carbocycles. The largest absolute Gasteiger partial charge is 0.508 e. The second-order valence-electron chi connectivity index (χ2n) is 18.1. The van der Waals surface area contributed by atoms with Crippen molar-refractivity contribution < 1.29 is 63.3 Å². The molecule has 0 radical (unpaired) electrons. The summed E-state index contributed by atoms with van der Waals surface area (Å²) >= 11 is 6.82. The predicted molar refractivity (Wildman–Crippen MR) is 294 cm³/mol. The van der Waals surface area contributed by atoms with Crippen molar-refractivity contribution in [3.8, 4) is 11.5 Å². The summed E-state index contributed by atoms with van der Waals surface area (Å²) in [7, 11) is 0. The quantitative estimate of drug-likeness (QED) is 0.0304. The van der Waals surface area contributed by atoms with Crippen molar-refractivity contribution in [2.45, 2.75) is 88.2 Å². The van der Waals surface area contributed by atoms with Crippen molar-refractivity contribution >= 4 is 87.5 Å². The lowest BCUT2D eigenvalue weighted by Crippen LogP contribution is -2.60. The standard InChI is InChI=1S/C53H66ClN11O13S/c1-30(66)46(52(77)58-28-44(70)61-39(48(57)73)25-32-8-19-37(67)20-9-32)64-51(76)42(5-3-4-24-55)65(36-17-13-34(14-18-36)47(56)72)45(71)29-59-49(74)40(26-33-10-21-38(68)22-11-33)63-50(75)41(27-60-53(78)79-2)62-43(69)23-12-31-6-15-35(54)16-7-31/h6-11,13-22,30,39-42,46,66-68H,3-5,12,23-29,55H2,1-2H3,(H2,56,72)(H2,57,73)(H,58,77)(H,59,74)(H,60,78)(H,61,70)(H,62,69)(H,63,75)(H,64,76)/t30?,39-,40+,41-,42+,46?/m1/s1. The van der Waals surface area contributed by atoms with Gasteiger partial charge >= 0.3 is 0 Å². The van der Waals surface area contributed by atoms with E-state index >= 15 is 0 Å². The number of hydrogen-bond acceptors (Lipinski definition) is 15. The van der Waals surface area contributed by atoms with E-state index in [-0.39, 0.29) is 74.4 Å². The van der Waals surface area contributed by atoms with Crippen LogP contribution in [-0.4, -0.2) is 142 Å². The number of anilines is 1. The second-order valence-corrected chi connectivity index (χ2v) is 19.3. The fourth-order valence-corrected chi connectivity index (χ4v) is 8.13. The highest BCUT2D eigenvalue weighted by molar-refractivity contribution is 8.12. The van der Waals surface area contributed by atoms with E-state index in [0.717, 1.165) is 22.2 Å². The lowest BCUT2D eigenvalue weighted by Gasteiger charge is -2.33. The Morgan fingerprint density at radius 2 is 1.18 bits per heavy atom. The number of nitrogens with zero attached hydrogens (tertiary/aromatic N) is 1. The maximum absolute atomic E-state index is 14.7. The van der Waals surface area contributed by atoms with Crippen molar-refractivity contribution in [2.75, 3.05) is 37.3 Å². The van der Waals surface area contributed by atoms with Gasteiger partial charge in [-0.1, -0.05) is 59.8 Å². The van der Waals surface area contributed by atoms with E-state index in [9.17, 15) is 63.3 Å². The molecule has 26 heteroatoms. The van der Waals surface area contributed by atoms with Gasteiger partial charge in [0.1, 0.15) is 41.7 Å². The average molecular weight is 1130 g/mol. The number of amides is 10. The number of halogens is 1. The Kier molecular flexibility index (Phi) is 25.5. The fraction of sp³-hybridized carbons (Fsp3) is 0.358. The highest BCUT2D eigenvalue weighted by Gasteiger charge is 2.36. The zero-order chi connectivity index (χ0) is 58.2. The highest BCUT2D eigenvalue weighted by atomic mass is 35.5. The number of primary amides is 2. The number of aliphatic hydroxyl groups is 1. The van der Waals surface area contributed by atoms with E-state index < -0.39 is 108 Å². The highest BCUT2D eigenvalue weighted by Crippen LogP contribution is 2.23. The van der Waals surface area contributed by atoms with Crippen LogP contribution in [0.1, 0.15) is 59.7 Å². The number of hydrogen-bond donors (Lipinski definition) is 13. The summed E-state index contributed by atoms with van der Waals surface area (Å²) < 4.78 is 0. The van der Waals surface area contributed by atoms with Crippen LogP contribution in [0.4, 0.5) is 10.5 Å². The van der Waals surface area contributed by atoms with Gasteiger partial charge in [-0.05, 0) is 123 Å². The Labute approximate surface area is 464 Å². The van der Waals surface area contributed by atoms with Gasteiger partial charge in [-0.15, -0.1) is 0 Å². The van der Waals surface area contributed by atoms with Gasteiger partial charge < -0.3 is 69.7 Å². The molecule has 4 aromatic carbocycles. The number of benzene rings is 4. The van der Waals surface area contributed by atoms with Gasteiger partial charge in [-0.25, -0.2) is 0 Å². The van der Waals surface area contributed by atoms with Gasteiger partial charge in [-0.2, -0.15) is 0 Å². The van der Waals surface area contributed by atoms with Crippen molar-refractivity contribution in [2.24, 2.45) is 17.2 Å². The molecule has 0 bridgehead atoms. The molecule has 4 aromatic rings. The first kappa shape index (κ1) is 63.3. The van der Waals surface area contributed by atoms with Crippen LogP contribution in [0.5, 0.6) is 11.5 Å². The Hall–Kier alpha value is -8.26. The van der Waals surface area contributed by atoms with Crippen LogP contribution >= 0.6 is 23.4 Å². The normalized spacial score (nSPS) is 13.1. The molecule has 0 aliphatic rings. The second kappa shape index (κ2) is 31.8. The summed E-state index contributed by atoms with van der Waals surface area (Å²) in [6.07, 6.45) is 0.288. The molecule has 0 saturated heterocycles. The van der Waals surface area contributed by atoms with E-state index in [4.69, 9.17) is 28.8 Å². The molecule has 10 amide bonds. The molecular weight excluding hydrogens is 1070 g/mol. The number of carbonyl (C=O) groups excluding carboxylic acids is 10. The van der Waals surface area contributed by atoms with Crippen molar-refractivity contribution in [1.82, 2.24) is 37.2 Å².